The van der Waals surface area contributed by atoms with Gasteiger partial charge in [0.1, 0.15) is 23.8 Å². The fraction of sp³-hybridized carbons (Fsp3) is 0.381. The zero-order valence-electron chi connectivity index (χ0n) is 17.0. The third kappa shape index (κ3) is 3.96. The van der Waals surface area contributed by atoms with Crippen LogP contribution in [0.25, 0.3) is 5.70 Å². The third-order valence-corrected chi connectivity index (χ3v) is 6.64. The van der Waals surface area contributed by atoms with Crippen molar-refractivity contribution < 1.29 is 13.2 Å². The maximum atomic E-state index is 11.8. The van der Waals surface area contributed by atoms with Crippen LogP contribution in [-0.4, -0.2) is 39.0 Å². The van der Waals surface area contributed by atoms with Gasteiger partial charge in [-0.05, 0) is 31.1 Å². The molecule has 1 aromatic heterocycles. The number of fused-ring (bicyclic) bond motifs is 1. The van der Waals surface area contributed by atoms with Gasteiger partial charge < -0.3 is 25.7 Å². The quantitative estimate of drug-likeness (QED) is 0.559. The van der Waals surface area contributed by atoms with E-state index in [0.29, 0.717) is 23.0 Å². The molecule has 30 heavy (non-hydrogen) atoms. The summed E-state index contributed by atoms with van der Waals surface area (Å²) in [5.74, 6) is 1.20. The molecule has 0 spiro atoms. The minimum absolute atomic E-state index is 0.200. The Labute approximate surface area is 176 Å². The summed E-state index contributed by atoms with van der Waals surface area (Å²) in [6.07, 6.45) is 9.24. The number of sulfone groups is 1. The minimum atomic E-state index is -3.33. The molecule has 4 rings (SSSR count). The first kappa shape index (κ1) is 20.2. The second kappa shape index (κ2) is 7.95. The number of nitrogens with zero attached hydrogens (tertiary/aromatic N) is 1. The number of anilines is 2. The van der Waals surface area contributed by atoms with Crippen molar-refractivity contribution in [2.75, 3.05) is 24.0 Å². The largest absolute Gasteiger partial charge is 0.495 e. The molecule has 2 heterocycles. The van der Waals surface area contributed by atoms with Crippen molar-refractivity contribution in [3.8, 4) is 11.8 Å². The van der Waals surface area contributed by atoms with E-state index in [4.69, 9.17) is 4.74 Å². The van der Waals surface area contributed by atoms with Crippen LogP contribution in [0.5, 0.6) is 5.75 Å². The van der Waals surface area contributed by atoms with Crippen LogP contribution in [-0.2, 0) is 9.84 Å². The number of hydrogen-bond donors (Lipinski definition) is 4. The predicted octanol–water partition coefficient (Wildman–Crippen LogP) is 3.04. The second-order valence-electron chi connectivity index (χ2n) is 7.67. The molecule has 1 aliphatic heterocycles. The summed E-state index contributed by atoms with van der Waals surface area (Å²) in [6, 6.07) is 7.40. The van der Waals surface area contributed by atoms with E-state index in [-0.39, 0.29) is 11.1 Å². The van der Waals surface area contributed by atoms with Gasteiger partial charge in [-0.2, -0.15) is 5.26 Å². The van der Waals surface area contributed by atoms with E-state index in [1.165, 1.54) is 32.3 Å². The molecular weight excluding hydrogens is 402 g/mol. The monoisotopic (exact) mass is 427 g/mol. The van der Waals surface area contributed by atoms with Gasteiger partial charge in [0.2, 0.25) is 0 Å². The summed E-state index contributed by atoms with van der Waals surface area (Å²) in [7, 11) is -1.82. The van der Waals surface area contributed by atoms with Crippen LogP contribution in [0.3, 0.4) is 0 Å². The van der Waals surface area contributed by atoms with E-state index in [0.717, 1.165) is 29.9 Å². The lowest BCUT2D eigenvalue weighted by Gasteiger charge is -2.28. The number of nitrogens with one attached hydrogen (secondary N) is 4. The molecule has 158 valence electrons. The molecule has 1 atom stereocenters. The predicted molar refractivity (Wildman–Crippen MR) is 116 cm³/mol. The summed E-state index contributed by atoms with van der Waals surface area (Å²) in [5, 5.41) is 19.8. The normalized spacial score (nSPS) is 18.7. The molecule has 0 amide bonds. The van der Waals surface area contributed by atoms with Crippen LogP contribution >= 0.6 is 0 Å². The fourth-order valence-electron chi connectivity index (χ4n) is 4.03. The molecule has 4 N–H and O–H groups in total. The molecule has 1 aliphatic carbocycles. The van der Waals surface area contributed by atoms with Crippen LogP contribution in [0, 0.1) is 11.3 Å². The number of H-pyrrole nitrogens is 1. The van der Waals surface area contributed by atoms with Crippen molar-refractivity contribution in [2.24, 2.45) is 0 Å². The van der Waals surface area contributed by atoms with Crippen molar-refractivity contribution in [1.29, 1.82) is 5.26 Å². The summed E-state index contributed by atoms with van der Waals surface area (Å²) in [4.78, 5) is 3.34. The SMILES string of the molecule is COc1cc(S(C)(=O)=O)ccc1NC1C=C(NC2CCCC2)c2c(C#N)c[nH]c2N1. The van der Waals surface area contributed by atoms with Gasteiger partial charge in [0.25, 0.3) is 0 Å². The van der Waals surface area contributed by atoms with Gasteiger partial charge in [-0.3, -0.25) is 0 Å². The van der Waals surface area contributed by atoms with Gasteiger partial charge in [-0.25, -0.2) is 8.42 Å². The van der Waals surface area contributed by atoms with Gasteiger partial charge in [-0.1, -0.05) is 12.8 Å². The minimum Gasteiger partial charge on any atom is -0.495 e. The molecule has 0 bridgehead atoms. The summed E-state index contributed by atoms with van der Waals surface area (Å²) in [6.45, 7) is 0. The Bertz CT molecular complexity index is 1120. The highest BCUT2D eigenvalue weighted by Gasteiger charge is 2.26. The Morgan fingerprint density at radius 3 is 2.67 bits per heavy atom. The number of ether oxygens (including phenoxy) is 1. The highest BCUT2D eigenvalue weighted by Crippen LogP contribution is 2.34. The Morgan fingerprint density at radius 2 is 2.00 bits per heavy atom. The van der Waals surface area contributed by atoms with Crippen LogP contribution in [0.1, 0.15) is 36.8 Å². The third-order valence-electron chi connectivity index (χ3n) is 5.53. The lowest BCUT2D eigenvalue weighted by Crippen LogP contribution is -2.34. The number of hydrogen-bond acceptors (Lipinski definition) is 7. The maximum Gasteiger partial charge on any atom is 0.175 e. The molecule has 1 saturated carbocycles. The van der Waals surface area contributed by atoms with E-state index in [1.807, 2.05) is 6.08 Å². The molecule has 1 fully saturated rings. The van der Waals surface area contributed by atoms with Gasteiger partial charge >= 0.3 is 0 Å². The van der Waals surface area contributed by atoms with Crippen molar-refractivity contribution in [2.45, 2.75) is 42.8 Å². The molecule has 1 aromatic carbocycles. The van der Waals surface area contributed by atoms with Gasteiger partial charge in [0.05, 0.1) is 28.8 Å². The zero-order valence-corrected chi connectivity index (χ0v) is 17.8. The Kier molecular flexibility index (Phi) is 5.35. The second-order valence-corrected chi connectivity index (χ2v) is 9.69. The van der Waals surface area contributed by atoms with Crippen molar-refractivity contribution in [1.82, 2.24) is 10.3 Å². The molecule has 9 heteroatoms. The first-order valence-electron chi connectivity index (χ1n) is 9.90. The number of aromatic nitrogens is 1. The molecule has 0 radical (unpaired) electrons. The molecular formula is C21H25N5O3S. The first-order chi connectivity index (χ1) is 14.4. The Morgan fingerprint density at radius 1 is 1.23 bits per heavy atom. The highest BCUT2D eigenvalue weighted by atomic mass is 32.2. The van der Waals surface area contributed by atoms with Crippen LogP contribution in [0.15, 0.2) is 35.4 Å². The number of benzene rings is 1. The van der Waals surface area contributed by atoms with Gasteiger partial charge in [0, 0.05) is 30.3 Å². The van der Waals surface area contributed by atoms with Crippen LogP contribution in [0.2, 0.25) is 0 Å². The molecule has 0 saturated heterocycles. The summed E-state index contributed by atoms with van der Waals surface area (Å²) < 4.78 is 29.1. The van der Waals surface area contributed by atoms with E-state index in [2.05, 4.69) is 27.0 Å². The first-order valence-corrected chi connectivity index (χ1v) is 11.8. The maximum absolute atomic E-state index is 11.8. The number of nitriles is 1. The molecule has 2 aliphatic rings. The molecule has 1 unspecified atom stereocenters. The summed E-state index contributed by atoms with van der Waals surface area (Å²) in [5.41, 5.74) is 3.01. The van der Waals surface area contributed by atoms with Gasteiger partial charge in [0.15, 0.2) is 9.84 Å². The van der Waals surface area contributed by atoms with E-state index < -0.39 is 9.84 Å². The standard InChI is InChI=1S/C21H25N5O3S/c1-29-18-9-15(30(2,27)28)7-8-16(18)25-19-10-17(24-14-5-3-4-6-14)20-13(11-22)12-23-21(20)26-19/h7-10,12,14,19,23-26H,3-6H2,1-2H3. The van der Waals surface area contributed by atoms with Crippen molar-refractivity contribution >= 4 is 27.0 Å². The lowest BCUT2D eigenvalue weighted by atomic mass is 10.0. The smallest absolute Gasteiger partial charge is 0.175 e. The Hall–Kier alpha value is -3.12. The molecule has 8 nitrogen and oxygen atoms in total. The zero-order chi connectivity index (χ0) is 21.3. The average molecular weight is 428 g/mol. The number of aromatic amines is 1. The Balaban J connectivity index is 1.64. The summed E-state index contributed by atoms with van der Waals surface area (Å²) >= 11 is 0. The number of methoxy groups -OCH3 is 1. The average Bonchev–Trinajstić information content (AvgIpc) is 3.37. The van der Waals surface area contributed by atoms with E-state index in [1.54, 1.807) is 18.3 Å². The van der Waals surface area contributed by atoms with E-state index in [9.17, 15) is 13.7 Å². The van der Waals surface area contributed by atoms with Crippen molar-refractivity contribution in [3.63, 3.8) is 0 Å². The molecule has 2 aromatic rings. The lowest BCUT2D eigenvalue weighted by molar-refractivity contribution is 0.415. The van der Waals surface area contributed by atoms with Gasteiger partial charge in [-0.15, -0.1) is 0 Å². The fourth-order valence-corrected chi connectivity index (χ4v) is 4.67. The number of rotatable bonds is 6. The van der Waals surface area contributed by atoms with E-state index >= 15 is 0 Å². The van der Waals surface area contributed by atoms with Crippen LogP contribution in [0.4, 0.5) is 11.5 Å². The topological polar surface area (TPSA) is 119 Å². The van der Waals surface area contributed by atoms with Crippen LogP contribution < -0.4 is 20.7 Å². The van der Waals surface area contributed by atoms with Crippen molar-refractivity contribution in [3.05, 3.63) is 41.6 Å². The highest BCUT2D eigenvalue weighted by molar-refractivity contribution is 7.90.